The van der Waals surface area contributed by atoms with Gasteiger partial charge in [0.15, 0.2) is 11.3 Å². The van der Waals surface area contributed by atoms with Crippen LogP contribution in [-0.2, 0) is 4.74 Å². The Hall–Kier alpha value is -1.66. The number of aromatic nitrogens is 3. The van der Waals surface area contributed by atoms with E-state index in [2.05, 4.69) is 15.4 Å². The Labute approximate surface area is 157 Å². The lowest BCUT2D eigenvalue weighted by atomic mass is 9.61. The average molecular weight is 375 g/mol. The van der Waals surface area contributed by atoms with Crippen LogP contribution < -0.4 is 5.32 Å². The highest BCUT2D eigenvalue weighted by Crippen LogP contribution is 2.51. The van der Waals surface area contributed by atoms with Crippen molar-refractivity contribution < 1.29 is 9.53 Å². The lowest BCUT2D eigenvalue weighted by Gasteiger charge is -2.50. The van der Waals surface area contributed by atoms with Crippen molar-refractivity contribution in [3.05, 3.63) is 28.7 Å². The molecular formula is C19H23ClN4O2. The molecule has 3 aliphatic rings. The lowest BCUT2D eigenvalue weighted by molar-refractivity contribution is -0.0784. The summed E-state index contributed by atoms with van der Waals surface area (Å²) < 4.78 is 7.56. The molecule has 3 heterocycles. The van der Waals surface area contributed by atoms with Gasteiger partial charge in [0, 0.05) is 36.9 Å². The van der Waals surface area contributed by atoms with Crippen molar-refractivity contribution in [1.82, 2.24) is 19.9 Å². The maximum absolute atomic E-state index is 12.9. The van der Waals surface area contributed by atoms with Crippen LogP contribution in [0.2, 0.25) is 5.02 Å². The van der Waals surface area contributed by atoms with Crippen LogP contribution in [-0.4, -0.2) is 39.3 Å². The highest BCUT2D eigenvalue weighted by molar-refractivity contribution is 6.36. The number of fused-ring (bicyclic) bond motifs is 2. The Morgan fingerprint density at radius 1 is 1.35 bits per heavy atom. The maximum Gasteiger partial charge on any atom is 0.273 e. The predicted octanol–water partition coefficient (Wildman–Crippen LogP) is 3.01. The van der Waals surface area contributed by atoms with Crippen LogP contribution in [0.15, 0.2) is 12.4 Å². The molecule has 2 aliphatic carbocycles. The Bertz CT molecular complexity index is 856. The Morgan fingerprint density at radius 2 is 2.15 bits per heavy atom. The van der Waals surface area contributed by atoms with E-state index in [1.807, 2.05) is 13.1 Å². The highest BCUT2D eigenvalue weighted by Gasteiger charge is 2.57. The first-order valence-electron chi connectivity index (χ1n) is 9.56. The van der Waals surface area contributed by atoms with Gasteiger partial charge in [-0.15, -0.1) is 0 Å². The Morgan fingerprint density at radius 3 is 2.96 bits per heavy atom. The van der Waals surface area contributed by atoms with E-state index in [1.165, 1.54) is 25.7 Å². The third-order valence-corrected chi connectivity index (χ3v) is 6.79. The molecule has 2 aromatic heterocycles. The number of halogens is 1. The minimum atomic E-state index is -0.198. The van der Waals surface area contributed by atoms with E-state index >= 15 is 0 Å². The van der Waals surface area contributed by atoms with Gasteiger partial charge in [-0.05, 0) is 24.8 Å². The van der Waals surface area contributed by atoms with Gasteiger partial charge in [0.25, 0.3) is 5.91 Å². The molecular weight excluding hydrogens is 352 g/mol. The highest BCUT2D eigenvalue weighted by atomic mass is 35.5. The van der Waals surface area contributed by atoms with E-state index in [9.17, 15) is 4.79 Å². The molecule has 7 heteroatoms. The molecule has 2 aromatic rings. The van der Waals surface area contributed by atoms with Gasteiger partial charge in [0.2, 0.25) is 0 Å². The standard InChI is InChI=1S/C19H23ClN4O2/c1-10-8-21-18-14(20)16(23-24(18)9-10)19(25)22-15-12-6-7-26-17(12)13(15)11-4-2-3-5-11/h8-9,11-13,15,17H,2-7H2,1H3,(H,22,25)/t12-,13+,15+,17-/m0/s1. The summed E-state index contributed by atoms with van der Waals surface area (Å²) in [5.74, 6) is 1.34. The van der Waals surface area contributed by atoms with Crippen molar-refractivity contribution in [2.45, 2.75) is 51.2 Å². The summed E-state index contributed by atoms with van der Waals surface area (Å²) in [4.78, 5) is 17.2. The number of ether oxygens (including phenoxy) is 1. The summed E-state index contributed by atoms with van der Waals surface area (Å²) in [5, 5.41) is 7.93. The minimum Gasteiger partial charge on any atom is -0.377 e. The van der Waals surface area contributed by atoms with E-state index in [-0.39, 0.29) is 17.6 Å². The van der Waals surface area contributed by atoms with Gasteiger partial charge < -0.3 is 10.1 Å². The van der Waals surface area contributed by atoms with Crippen LogP contribution in [0.25, 0.3) is 5.65 Å². The molecule has 5 rings (SSSR count). The number of carbonyl (C=O) groups excluding carboxylic acids is 1. The van der Waals surface area contributed by atoms with E-state index in [0.29, 0.717) is 34.5 Å². The number of rotatable bonds is 3. The molecule has 0 aromatic carbocycles. The van der Waals surface area contributed by atoms with Crippen LogP contribution >= 0.6 is 11.6 Å². The SMILES string of the molecule is Cc1cnc2c(Cl)c(C(=O)N[C@@H]3[C@@H]4CCO[C@@H]4[C@@H]3C3CCCC3)nn2c1. The van der Waals surface area contributed by atoms with Gasteiger partial charge in [-0.25, -0.2) is 9.50 Å². The second kappa shape index (κ2) is 6.20. The zero-order chi connectivity index (χ0) is 17.8. The van der Waals surface area contributed by atoms with Crippen molar-refractivity contribution in [3.8, 4) is 0 Å². The van der Waals surface area contributed by atoms with Crippen molar-refractivity contribution in [2.24, 2.45) is 17.8 Å². The van der Waals surface area contributed by atoms with E-state index in [1.54, 1.807) is 10.7 Å². The molecule has 6 nitrogen and oxygen atoms in total. The first-order valence-corrected chi connectivity index (χ1v) is 9.94. The number of nitrogens with zero attached hydrogens (tertiary/aromatic N) is 3. The number of nitrogens with one attached hydrogen (secondary N) is 1. The molecule has 2 saturated carbocycles. The van der Waals surface area contributed by atoms with Crippen LogP contribution in [0.4, 0.5) is 0 Å². The van der Waals surface area contributed by atoms with Crippen molar-refractivity contribution in [3.63, 3.8) is 0 Å². The van der Waals surface area contributed by atoms with E-state index < -0.39 is 0 Å². The van der Waals surface area contributed by atoms with Gasteiger partial charge in [-0.3, -0.25) is 4.79 Å². The quantitative estimate of drug-likeness (QED) is 0.896. The first kappa shape index (κ1) is 16.5. The van der Waals surface area contributed by atoms with Gasteiger partial charge in [0.05, 0.1) is 6.10 Å². The normalized spacial score (nSPS) is 31.2. The molecule has 1 saturated heterocycles. The van der Waals surface area contributed by atoms with Gasteiger partial charge >= 0.3 is 0 Å². The fourth-order valence-electron chi connectivity index (χ4n) is 5.23. The zero-order valence-corrected chi connectivity index (χ0v) is 15.6. The summed E-state index contributed by atoms with van der Waals surface area (Å²) >= 11 is 6.39. The summed E-state index contributed by atoms with van der Waals surface area (Å²) in [6.07, 6.45) is 10.0. The number of amides is 1. The summed E-state index contributed by atoms with van der Waals surface area (Å²) in [6, 6.07) is 0.175. The fraction of sp³-hybridized carbons (Fsp3) is 0.632. The lowest BCUT2D eigenvalue weighted by Crippen LogP contribution is -2.63. The average Bonchev–Trinajstić information content (AvgIpc) is 3.33. The van der Waals surface area contributed by atoms with Crippen LogP contribution in [0.3, 0.4) is 0 Å². The number of hydrogen-bond donors (Lipinski definition) is 1. The molecule has 3 fully saturated rings. The molecule has 26 heavy (non-hydrogen) atoms. The molecule has 0 radical (unpaired) electrons. The maximum atomic E-state index is 12.9. The third-order valence-electron chi connectivity index (χ3n) is 6.44. The molecule has 0 spiro atoms. The molecule has 138 valence electrons. The number of aryl methyl sites for hydroxylation is 1. The zero-order valence-electron chi connectivity index (χ0n) is 14.8. The van der Waals surface area contributed by atoms with Crippen LogP contribution in [0, 0.1) is 24.7 Å². The second-order valence-electron chi connectivity index (χ2n) is 7.97. The molecule has 1 amide bonds. The summed E-state index contributed by atoms with van der Waals surface area (Å²) in [5.41, 5.74) is 1.75. The minimum absolute atomic E-state index is 0.175. The van der Waals surface area contributed by atoms with Gasteiger partial charge in [-0.1, -0.05) is 37.3 Å². The van der Waals surface area contributed by atoms with Crippen molar-refractivity contribution in [2.75, 3.05) is 6.61 Å². The van der Waals surface area contributed by atoms with Crippen molar-refractivity contribution >= 4 is 23.2 Å². The monoisotopic (exact) mass is 374 g/mol. The largest absolute Gasteiger partial charge is 0.377 e. The molecule has 4 atom stereocenters. The first-order chi connectivity index (χ1) is 12.6. The smallest absolute Gasteiger partial charge is 0.273 e. The van der Waals surface area contributed by atoms with E-state index in [4.69, 9.17) is 16.3 Å². The molecule has 0 unspecified atom stereocenters. The van der Waals surface area contributed by atoms with Gasteiger partial charge in [0.1, 0.15) is 5.02 Å². The third kappa shape index (κ3) is 2.46. The molecule has 1 aliphatic heterocycles. The second-order valence-corrected chi connectivity index (χ2v) is 8.35. The van der Waals surface area contributed by atoms with Gasteiger partial charge in [-0.2, -0.15) is 5.10 Å². The molecule has 0 bridgehead atoms. The summed E-state index contributed by atoms with van der Waals surface area (Å²) in [6.45, 7) is 2.74. The fourth-order valence-corrected chi connectivity index (χ4v) is 5.48. The number of hydrogen-bond acceptors (Lipinski definition) is 4. The Balaban J connectivity index is 1.40. The molecule has 1 N–H and O–H groups in total. The van der Waals surface area contributed by atoms with Crippen LogP contribution in [0.1, 0.15) is 48.2 Å². The van der Waals surface area contributed by atoms with E-state index in [0.717, 1.165) is 18.6 Å². The van der Waals surface area contributed by atoms with Crippen molar-refractivity contribution in [1.29, 1.82) is 0 Å². The topological polar surface area (TPSA) is 68.5 Å². The number of carbonyl (C=O) groups is 1. The predicted molar refractivity (Wildman–Crippen MR) is 97.3 cm³/mol. The van der Waals surface area contributed by atoms with Crippen LogP contribution in [0.5, 0.6) is 0 Å². The summed E-state index contributed by atoms with van der Waals surface area (Å²) in [7, 11) is 0. The Kier molecular flexibility index (Phi) is 3.94.